The van der Waals surface area contributed by atoms with Crippen molar-refractivity contribution in [1.29, 1.82) is 0 Å². The molecule has 0 saturated heterocycles. The molecule has 60 heavy (non-hydrogen) atoms. The van der Waals surface area contributed by atoms with Crippen molar-refractivity contribution < 1.29 is 0 Å². The predicted octanol–water partition coefficient (Wildman–Crippen LogP) is 14.5. The maximum absolute atomic E-state index is 5.39. The summed E-state index contributed by atoms with van der Waals surface area (Å²) in [5.41, 5.74) is 14.1. The molecule has 0 aliphatic rings. The molecular weight excluding hydrogens is 729 g/mol. The first-order chi connectivity index (χ1) is 29.8. The van der Waals surface area contributed by atoms with Gasteiger partial charge in [0.15, 0.2) is 0 Å². The number of benzene rings is 9. The Morgan fingerprint density at radius 1 is 0.300 bits per heavy atom. The monoisotopic (exact) mass is 764 g/mol. The highest BCUT2D eigenvalue weighted by Gasteiger charge is 2.23. The average molecular weight is 765 g/mol. The Bertz CT molecular complexity index is 3510. The van der Waals surface area contributed by atoms with Crippen LogP contribution in [-0.4, -0.2) is 19.1 Å². The van der Waals surface area contributed by atoms with Crippen LogP contribution in [0.3, 0.4) is 0 Å². The van der Waals surface area contributed by atoms with Crippen LogP contribution < -0.4 is 0 Å². The van der Waals surface area contributed by atoms with Gasteiger partial charge in [0, 0.05) is 43.9 Å². The molecule has 0 saturated carbocycles. The number of para-hydroxylation sites is 2. The molecule has 12 aromatic rings. The highest BCUT2D eigenvalue weighted by Crippen LogP contribution is 2.44. The van der Waals surface area contributed by atoms with Crippen LogP contribution in [0, 0.1) is 0 Å². The van der Waals surface area contributed by atoms with Crippen LogP contribution in [0.1, 0.15) is 0 Å². The highest BCUT2D eigenvalue weighted by molar-refractivity contribution is 6.22. The van der Waals surface area contributed by atoms with Crippen LogP contribution in [0.2, 0.25) is 0 Å². The first-order valence-corrected chi connectivity index (χ1v) is 20.4. The summed E-state index contributed by atoms with van der Waals surface area (Å²) < 4.78 is 4.69. The van der Waals surface area contributed by atoms with Gasteiger partial charge in [-0.2, -0.15) is 0 Å². The van der Waals surface area contributed by atoms with Gasteiger partial charge >= 0.3 is 0 Å². The van der Waals surface area contributed by atoms with Crippen LogP contribution in [0.25, 0.3) is 111 Å². The Balaban J connectivity index is 1.14. The molecule has 4 heteroatoms. The molecule has 9 aromatic carbocycles. The zero-order chi connectivity index (χ0) is 39.6. The number of fused-ring (bicyclic) bond motifs is 7. The van der Waals surface area contributed by atoms with Gasteiger partial charge in [-0.15, -0.1) is 0 Å². The molecule has 0 N–H and O–H groups in total. The Morgan fingerprint density at radius 3 is 1.43 bits per heavy atom. The van der Waals surface area contributed by atoms with Gasteiger partial charge in [-0.1, -0.05) is 170 Å². The van der Waals surface area contributed by atoms with E-state index in [2.05, 4.69) is 215 Å². The third kappa shape index (κ3) is 5.46. The topological polar surface area (TPSA) is 35.6 Å². The summed E-state index contributed by atoms with van der Waals surface area (Å²) in [6.07, 6.45) is 0. The van der Waals surface area contributed by atoms with Gasteiger partial charge in [-0.25, -0.2) is 9.97 Å². The van der Waals surface area contributed by atoms with Crippen LogP contribution in [0.4, 0.5) is 0 Å². The van der Waals surface area contributed by atoms with E-state index in [1.807, 2.05) is 12.1 Å². The predicted molar refractivity (Wildman–Crippen MR) is 250 cm³/mol. The van der Waals surface area contributed by atoms with E-state index in [1.54, 1.807) is 0 Å². The maximum Gasteiger partial charge on any atom is 0.235 e. The largest absolute Gasteiger partial charge is 0.309 e. The maximum atomic E-state index is 5.39. The first-order valence-electron chi connectivity index (χ1n) is 20.4. The van der Waals surface area contributed by atoms with Gasteiger partial charge in [0.05, 0.1) is 33.5 Å². The van der Waals surface area contributed by atoms with E-state index in [0.29, 0.717) is 5.95 Å². The molecule has 0 radical (unpaired) electrons. The van der Waals surface area contributed by atoms with Crippen molar-refractivity contribution in [2.24, 2.45) is 0 Å². The van der Waals surface area contributed by atoms with E-state index < -0.39 is 0 Å². The van der Waals surface area contributed by atoms with Crippen molar-refractivity contribution >= 4 is 54.4 Å². The average Bonchev–Trinajstić information content (AvgIpc) is 3.84. The van der Waals surface area contributed by atoms with Gasteiger partial charge in [0.1, 0.15) is 0 Å². The normalized spacial score (nSPS) is 11.7. The van der Waals surface area contributed by atoms with Crippen LogP contribution >= 0.6 is 0 Å². The van der Waals surface area contributed by atoms with Gasteiger partial charge in [0.25, 0.3) is 0 Å². The van der Waals surface area contributed by atoms with Crippen molar-refractivity contribution in [3.8, 4) is 56.4 Å². The summed E-state index contributed by atoms with van der Waals surface area (Å²) in [6, 6.07) is 78.0. The van der Waals surface area contributed by atoms with Crippen LogP contribution in [-0.2, 0) is 0 Å². The van der Waals surface area contributed by atoms with E-state index in [-0.39, 0.29) is 0 Å². The van der Waals surface area contributed by atoms with E-state index >= 15 is 0 Å². The number of nitrogens with zero attached hydrogens (tertiary/aromatic N) is 4. The second-order valence-electron chi connectivity index (χ2n) is 15.4. The van der Waals surface area contributed by atoms with E-state index in [9.17, 15) is 0 Å². The molecule has 0 bridgehead atoms. The van der Waals surface area contributed by atoms with Gasteiger partial charge in [-0.05, 0) is 76.0 Å². The third-order valence-corrected chi connectivity index (χ3v) is 11.9. The lowest BCUT2D eigenvalue weighted by atomic mass is 9.94. The van der Waals surface area contributed by atoms with Crippen molar-refractivity contribution in [3.63, 3.8) is 0 Å². The third-order valence-electron chi connectivity index (χ3n) is 11.9. The Hall–Kier alpha value is -8.08. The molecule has 0 unspecified atom stereocenters. The lowest BCUT2D eigenvalue weighted by molar-refractivity contribution is 0.996. The van der Waals surface area contributed by atoms with Crippen molar-refractivity contribution in [1.82, 2.24) is 19.1 Å². The smallest absolute Gasteiger partial charge is 0.235 e. The Kier molecular flexibility index (Phi) is 7.82. The van der Waals surface area contributed by atoms with E-state index in [1.165, 1.54) is 38.2 Å². The van der Waals surface area contributed by atoms with E-state index in [0.717, 1.165) is 66.7 Å². The quantitative estimate of drug-likeness (QED) is 0.169. The standard InChI is InChI=1S/C56H36N4/c1-4-16-37(17-5-1)38-28-31-43(32-29-38)59-51-26-14-12-24-45(51)47-35-42(30-33-53(47)59)54-44-23-11-10-22-41(44)34-48-46-25-13-15-27-52(46)60(55(48)54)56-57-49(39-18-6-2-7-19-39)36-50(58-56)40-20-8-3-9-21-40/h1-36H. The molecule has 3 heterocycles. The van der Waals surface area contributed by atoms with Gasteiger partial charge in [-0.3, -0.25) is 4.57 Å². The zero-order valence-electron chi connectivity index (χ0n) is 32.6. The SMILES string of the molecule is c1ccc(-c2ccc(-n3c4ccccc4c4cc(-c5c6ccccc6cc6c7ccccc7n(-c7nc(-c8ccccc8)cc(-c8ccccc8)n7)c56)ccc43)cc2)cc1. The fraction of sp³-hybridized carbons (Fsp3) is 0. The Labute approximate surface area is 346 Å². The minimum absolute atomic E-state index is 0.634. The van der Waals surface area contributed by atoms with Crippen LogP contribution in [0.5, 0.6) is 0 Å². The zero-order valence-corrected chi connectivity index (χ0v) is 32.6. The fourth-order valence-electron chi connectivity index (χ4n) is 9.18. The molecule has 3 aromatic heterocycles. The molecule has 0 aliphatic carbocycles. The highest BCUT2D eigenvalue weighted by atomic mass is 15.2. The number of hydrogen-bond acceptors (Lipinski definition) is 2. The fourth-order valence-corrected chi connectivity index (χ4v) is 9.18. The van der Waals surface area contributed by atoms with Crippen molar-refractivity contribution in [2.75, 3.05) is 0 Å². The lowest BCUT2D eigenvalue weighted by Crippen LogP contribution is -2.05. The second kappa shape index (κ2) is 13.8. The summed E-state index contributed by atoms with van der Waals surface area (Å²) in [6.45, 7) is 0. The molecule has 0 aliphatic heterocycles. The molecule has 0 amide bonds. The van der Waals surface area contributed by atoms with Crippen molar-refractivity contribution in [2.45, 2.75) is 0 Å². The number of hydrogen-bond donors (Lipinski definition) is 0. The summed E-state index contributed by atoms with van der Waals surface area (Å²) in [5.74, 6) is 0.634. The molecule has 0 spiro atoms. The van der Waals surface area contributed by atoms with Gasteiger partial charge in [0.2, 0.25) is 5.95 Å². The second-order valence-corrected chi connectivity index (χ2v) is 15.4. The molecule has 0 atom stereocenters. The summed E-state index contributed by atoms with van der Waals surface area (Å²) in [4.78, 5) is 10.8. The minimum Gasteiger partial charge on any atom is -0.309 e. The molecule has 0 fully saturated rings. The number of aromatic nitrogens is 4. The van der Waals surface area contributed by atoms with E-state index in [4.69, 9.17) is 9.97 Å². The van der Waals surface area contributed by atoms with Crippen molar-refractivity contribution in [3.05, 3.63) is 218 Å². The first kappa shape index (κ1) is 34.0. The summed E-state index contributed by atoms with van der Waals surface area (Å²) in [5, 5.41) is 7.10. The molecule has 12 rings (SSSR count). The summed E-state index contributed by atoms with van der Waals surface area (Å²) in [7, 11) is 0. The molecule has 4 nitrogen and oxygen atoms in total. The summed E-state index contributed by atoms with van der Waals surface area (Å²) >= 11 is 0. The van der Waals surface area contributed by atoms with Gasteiger partial charge < -0.3 is 4.57 Å². The Morgan fingerprint density at radius 2 is 0.783 bits per heavy atom. The number of rotatable bonds is 6. The molecule has 280 valence electrons. The lowest BCUT2D eigenvalue weighted by Gasteiger charge is -2.16. The minimum atomic E-state index is 0.634. The van der Waals surface area contributed by atoms with Crippen LogP contribution in [0.15, 0.2) is 218 Å². The molecular formula is C56H36N4.